The van der Waals surface area contributed by atoms with Crippen molar-refractivity contribution >= 4 is 10.0 Å². The van der Waals surface area contributed by atoms with Crippen molar-refractivity contribution in [1.82, 2.24) is 9.62 Å². The Morgan fingerprint density at radius 1 is 1.15 bits per heavy atom. The van der Waals surface area contributed by atoms with Crippen molar-refractivity contribution < 1.29 is 13.2 Å². The van der Waals surface area contributed by atoms with E-state index in [-0.39, 0.29) is 0 Å². The zero-order valence-electron chi connectivity index (χ0n) is 16.2. The molecule has 1 heterocycles. The van der Waals surface area contributed by atoms with E-state index in [0.717, 1.165) is 36.3 Å². The average molecular weight is 389 g/mol. The van der Waals surface area contributed by atoms with Crippen LogP contribution in [0.4, 0.5) is 0 Å². The van der Waals surface area contributed by atoms with Crippen LogP contribution >= 0.6 is 0 Å². The summed E-state index contributed by atoms with van der Waals surface area (Å²) in [6.45, 7) is 5.82. The van der Waals surface area contributed by atoms with Crippen molar-refractivity contribution in [3.8, 4) is 5.75 Å². The molecule has 0 spiro atoms. The highest BCUT2D eigenvalue weighted by Crippen LogP contribution is 2.32. The maximum absolute atomic E-state index is 12.7. The van der Waals surface area contributed by atoms with Gasteiger partial charge in [0.15, 0.2) is 0 Å². The maximum Gasteiger partial charge on any atom is 0.240 e. The fourth-order valence-corrected chi connectivity index (χ4v) is 5.04. The molecule has 0 aromatic heterocycles. The first-order chi connectivity index (χ1) is 12.9. The highest BCUT2D eigenvalue weighted by Gasteiger charge is 2.26. The van der Waals surface area contributed by atoms with Gasteiger partial charge in [-0.2, -0.15) is 0 Å². The fraction of sp³-hybridized carbons (Fsp3) is 0.429. The molecule has 0 radical (unpaired) electrons. The van der Waals surface area contributed by atoms with Gasteiger partial charge in [0.1, 0.15) is 5.75 Å². The van der Waals surface area contributed by atoms with Crippen molar-refractivity contribution in [3.05, 3.63) is 59.2 Å². The van der Waals surface area contributed by atoms with Gasteiger partial charge in [0.05, 0.1) is 12.0 Å². The normalized spacial score (nSPS) is 18.0. The van der Waals surface area contributed by atoms with Crippen LogP contribution in [0.3, 0.4) is 0 Å². The fourth-order valence-electron chi connectivity index (χ4n) is 3.70. The Labute approximate surface area is 162 Å². The predicted octanol–water partition coefficient (Wildman–Crippen LogP) is 3.43. The third-order valence-corrected chi connectivity index (χ3v) is 6.79. The monoisotopic (exact) mass is 388 g/mol. The molecule has 0 aliphatic carbocycles. The lowest BCUT2D eigenvalue weighted by molar-refractivity contribution is 0.261. The molecule has 1 saturated heterocycles. The van der Waals surface area contributed by atoms with Gasteiger partial charge in [-0.1, -0.05) is 24.3 Å². The van der Waals surface area contributed by atoms with Gasteiger partial charge in [0.25, 0.3) is 0 Å². The summed E-state index contributed by atoms with van der Waals surface area (Å²) < 4.78 is 33.3. The molecule has 1 aliphatic rings. The van der Waals surface area contributed by atoms with Crippen molar-refractivity contribution in [1.29, 1.82) is 0 Å². The third-order valence-electron chi connectivity index (χ3n) is 5.19. The van der Waals surface area contributed by atoms with Gasteiger partial charge < -0.3 is 4.74 Å². The van der Waals surface area contributed by atoms with Crippen molar-refractivity contribution in [2.24, 2.45) is 0 Å². The number of nitrogens with zero attached hydrogens (tertiary/aromatic N) is 1. The SMILES string of the molecule is COc1ccc(C2CCCN2CCNS(=O)(=O)c2cc(C)ccc2C)cc1. The number of likely N-dealkylation sites (tertiary alicyclic amines) is 1. The van der Waals surface area contributed by atoms with Gasteiger partial charge >= 0.3 is 0 Å². The number of aryl methyl sites for hydroxylation is 2. The van der Waals surface area contributed by atoms with E-state index in [4.69, 9.17) is 4.74 Å². The first kappa shape index (κ1) is 19.9. The molecule has 2 aromatic carbocycles. The van der Waals surface area contributed by atoms with Crippen LogP contribution in [0.2, 0.25) is 0 Å². The molecule has 1 aliphatic heterocycles. The average Bonchev–Trinajstić information content (AvgIpc) is 3.12. The predicted molar refractivity (Wildman–Crippen MR) is 108 cm³/mol. The largest absolute Gasteiger partial charge is 0.497 e. The molecular weight excluding hydrogens is 360 g/mol. The molecule has 1 N–H and O–H groups in total. The van der Waals surface area contributed by atoms with E-state index < -0.39 is 10.0 Å². The molecule has 3 rings (SSSR count). The quantitative estimate of drug-likeness (QED) is 0.790. The Hall–Kier alpha value is -1.89. The molecule has 1 unspecified atom stereocenters. The molecular formula is C21H28N2O3S. The molecule has 1 atom stereocenters. The van der Waals surface area contributed by atoms with Gasteiger partial charge in [-0.25, -0.2) is 13.1 Å². The standard InChI is InChI=1S/C21H28N2O3S/c1-16-6-7-17(2)21(15-16)27(24,25)22-12-14-23-13-4-5-20(23)18-8-10-19(26-3)11-9-18/h6-11,15,20,22H,4-5,12-14H2,1-3H3. The van der Waals surface area contributed by atoms with Gasteiger partial charge in [-0.05, 0) is 68.1 Å². The Morgan fingerprint density at radius 2 is 1.89 bits per heavy atom. The Bertz CT molecular complexity index is 879. The minimum absolute atomic E-state index is 0.334. The van der Waals surface area contributed by atoms with Crippen LogP contribution in [-0.4, -0.2) is 40.1 Å². The summed E-state index contributed by atoms with van der Waals surface area (Å²) in [5, 5.41) is 0. The Kier molecular flexibility index (Phi) is 6.19. The van der Waals surface area contributed by atoms with E-state index in [0.29, 0.717) is 24.0 Å². The molecule has 5 nitrogen and oxygen atoms in total. The highest BCUT2D eigenvalue weighted by molar-refractivity contribution is 7.89. The first-order valence-corrected chi connectivity index (χ1v) is 10.8. The molecule has 146 valence electrons. The van der Waals surface area contributed by atoms with E-state index in [1.165, 1.54) is 5.56 Å². The van der Waals surface area contributed by atoms with E-state index in [9.17, 15) is 8.42 Å². The van der Waals surface area contributed by atoms with Crippen LogP contribution in [0.25, 0.3) is 0 Å². The number of methoxy groups -OCH3 is 1. The molecule has 27 heavy (non-hydrogen) atoms. The number of hydrogen-bond acceptors (Lipinski definition) is 4. The number of sulfonamides is 1. The summed E-state index contributed by atoms with van der Waals surface area (Å²) in [4.78, 5) is 2.73. The van der Waals surface area contributed by atoms with Crippen molar-refractivity contribution in [2.75, 3.05) is 26.7 Å². The number of hydrogen-bond donors (Lipinski definition) is 1. The molecule has 6 heteroatoms. The summed E-state index contributed by atoms with van der Waals surface area (Å²) in [7, 11) is -1.82. The van der Waals surface area contributed by atoms with E-state index >= 15 is 0 Å². The second-order valence-electron chi connectivity index (χ2n) is 7.13. The summed E-state index contributed by atoms with van der Waals surface area (Å²) in [5.41, 5.74) is 2.97. The van der Waals surface area contributed by atoms with Crippen LogP contribution < -0.4 is 9.46 Å². The lowest BCUT2D eigenvalue weighted by Gasteiger charge is -2.25. The Morgan fingerprint density at radius 3 is 2.59 bits per heavy atom. The minimum atomic E-state index is -3.49. The van der Waals surface area contributed by atoms with Crippen LogP contribution in [0, 0.1) is 13.8 Å². The topological polar surface area (TPSA) is 58.6 Å². The second kappa shape index (κ2) is 8.42. The van der Waals surface area contributed by atoms with E-state index in [1.54, 1.807) is 13.2 Å². The highest BCUT2D eigenvalue weighted by atomic mass is 32.2. The van der Waals surface area contributed by atoms with Crippen molar-refractivity contribution in [2.45, 2.75) is 37.6 Å². The van der Waals surface area contributed by atoms with Gasteiger partial charge in [-0.3, -0.25) is 4.90 Å². The first-order valence-electron chi connectivity index (χ1n) is 9.35. The van der Waals surface area contributed by atoms with Crippen LogP contribution in [0.15, 0.2) is 47.4 Å². The van der Waals surface area contributed by atoms with Gasteiger partial charge in [0, 0.05) is 19.1 Å². The summed E-state index contributed by atoms with van der Waals surface area (Å²) in [6, 6.07) is 14.0. The number of benzene rings is 2. The zero-order valence-corrected chi connectivity index (χ0v) is 17.1. The molecule has 2 aromatic rings. The van der Waals surface area contributed by atoms with Gasteiger partial charge in [-0.15, -0.1) is 0 Å². The molecule has 0 amide bonds. The maximum atomic E-state index is 12.7. The minimum Gasteiger partial charge on any atom is -0.497 e. The summed E-state index contributed by atoms with van der Waals surface area (Å²) in [5.74, 6) is 0.851. The van der Waals surface area contributed by atoms with Crippen LogP contribution in [0.5, 0.6) is 5.75 Å². The third kappa shape index (κ3) is 4.69. The smallest absolute Gasteiger partial charge is 0.240 e. The summed E-state index contributed by atoms with van der Waals surface area (Å²) >= 11 is 0. The summed E-state index contributed by atoms with van der Waals surface area (Å²) in [6.07, 6.45) is 2.22. The molecule has 0 bridgehead atoms. The molecule has 0 saturated carbocycles. The lowest BCUT2D eigenvalue weighted by Crippen LogP contribution is -2.35. The van der Waals surface area contributed by atoms with Crippen LogP contribution in [0.1, 0.15) is 35.6 Å². The number of ether oxygens (including phenoxy) is 1. The zero-order chi connectivity index (χ0) is 19.4. The van der Waals surface area contributed by atoms with Gasteiger partial charge in [0.2, 0.25) is 10.0 Å². The lowest BCUT2D eigenvalue weighted by atomic mass is 10.0. The van der Waals surface area contributed by atoms with E-state index in [1.807, 2.05) is 38.1 Å². The van der Waals surface area contributed by atoms with Crippen LogP contribution in [-0.2, 0) is 10.0 Å². The molecule has 1 fully saturated rings. The van der Waals surface area contributed by atoms with E-state index in [2.05, 4.69) is 21.8 Å². The Balaban J connectivity index is 1.62. The van der Waals surface area contributed by atoms with Crippen molar-refractivity contribution in [3.63, 3.8) is 0 Å². The number of rotatable bonds is 7. The number of nitrogens with one attached hydrogen (secondary N) is 1. The second-order valence-corrected chi connectivity index (χ2v) is 8.87.